The summed E-state index contributed by atoms with van der Waals surface area (Å²) < 4.78 is 0. The van der Waals surface area contributed by atoms with Crippen molar-refractivity contribution >= 4 is 11.8 Å². The number of aliphatic hydroxyl groups excluding tert-OH is 2. The Morgan fingerprint density at radius 1 is 1.21 bits per heavy atom. The Bertz CT molecular complexity index is 647. The third kappa shape index (κ3) is 3.98. The highest BCUT2D eigenvalue weighted by molar-refractivity contribution is 5.62. The van der Waals surface area contributed by atoms with Gasteiger partial charge in [-0.1, -0.05) is 0 Å². The van der Waals surface area contributed by atoms with E-state index >= 15 is 0 Å². The van der Waals surface area contributed by atoms with Crippen molar-refractivity contribution in [1.29, 1.82) is 0 Å². The van der Waals surface area contributed by atoms with Crippen LogP contribution in [-0.2, 0) is 0 Å². The van der Waals surface area contributed by atoms with Crippen LogP contribution in [0.25, 0.3) is 11.1 Å². The maximum atomic E-state index is 9.75. The van der Waals surface area contributed by atoms with Crippen LogP contribution in [-0.4, -0.2) is 57.0 Å². The first-order valence-corrected chi connectivity index (χ1v) is 8.24. The van der Waals surface area contributed by atoms with E-state index in [-0.39, 0.29) is 18.8 Å². The van der Waals surface area contributed by atoms with E-state index in [1.54, 1.807) is 18.6 Å². The number of nitrogens with zero attached hydrogens (tertiary/aromatic N) is 4. The predicted octanol–water partition coefficient (Wildman–Crippen LogP) is 1.29. The van der Waals surface area contributed by atoms with Gasteiger partial charge >= 0.3 is 0 Å². The number of rotatable bonds is 5. The molecule has 1 aliphatic heterocycles. The topological polar surface area (TPSA) is 94.4 Å². The van der Waals surface area contributed by atoms with Crippen molar-refractivity contribution in [3.63, 3.8) is 0 Å². The summed E-state index contributed by atoms with van der Waals surface area (Å²) in [6.07, 6.45) is 6.82. The van der Waals surface area contributed by atoms with Crippen molar-refractivity contribution in [3.05, 3.63) is 30.7 Å². The van der Waals surface area contributed by atoms with Crippen molar-refractivity contribution in [3.8, 4) is 11.1 Å². The van der Waals surface area contributed by atoms with Crippen molar-refractivity contribution in [1.82, 2.24) is 15.0 Å². The minimum atomic E-state index is -0.299. The van der Waals surface area contributed by atoms with Crippen LogP contribution in [0.2, 0.25) is 0 Å². The molecule has 1 unspecified atom stereocenters. The molecular weight excluding hydrogens is 306 g/mol. The SMILES string of the molecule is C[C@@H](CO)Nc1ccc(-c2cnc(N3CCCC(O)C3)nc2)cn1. The predicted molar refractivity (Wildman–Crippen MR) is 92.9 cm³/mol. The number of hydrogen-bond acceptors (Lipinski definition) is 7. The zero-order valence-corrected chi connectivity index (χ0v) is 13.8. The number of aromatic nitrogens is 3. The van der Waals surface area contributed by atoms with Crippen molar-refractivity contribution < 1.29 is 10.2 Å². The molecule has 3 rings (SSSR count). The van der Waals surface area contributed by atoms with E-state index in [9.17, 15) is 5.11 Å². The summed E-state index contributed by atoms with van der Waals surface area (Å²) >= 11 is 0. The van der Waals surface area contributed by atoms with Crippen LogP contribution in [0.15, 0.2) is 30.7 Å². The highest BCUT2D eigenvalue weighted by Gasteiger charge is 2.19. The average Bonchev–Trinajstić information content (AvgIpc) is 2.62. The minimum absolute atomic E-state index is 0.0362. The summed E-state index contributed by atoms with van der Waals surface area (Å²) in [6, 6.07) is 3.78. The summed E-state index contributed by atoms with van der Waals surface area (Å²) in [4.78, 5) is 15.2. The van der Waals surface area contributed by atoms with Crippen LogP contribution in [0.3, 0.4) is 0 Å². The molecule has 0 spiro atoms. The lowest BCUT2D eigenvalue weighted by Gasteiger charge is -2.29. The summed E-state index contributed by atoms with van der Waals surface area (Å²) in [5.74, 6) is 1.38. The van der Waals surface area contributed by atoms with Crippen molar-refractivity contribution in [2.75, 3.05) is 29.9 Å². The normalized spacial score (nSPS) is 19.1. The molecular formula is C17H23N5O2. The molecule has 1 fully saturated rings. The first kappa shape index (κ1) is 16.6. The Morgan fingerprint density at radius 2 is 1.96 bits per heavy atom. The standard InChI is InChI=1S/C17H23N5O2/c1-12(11-23)21-16-5-4-13(7-18-16)14-8-19-17(20-9-14)22-6-2-3-15(24)10-22/h4-5,7-9,12,15,23-24H,2-3,6,10-11H2,1H3,(H,18,21)/t12-,15?/m0/s1. The number of pyridine rings is 1. The number of piperidine rings is 1. The van der Waals surface area contributed by atoms with Gasteiger partial charge in [0, 0.05) is 48.8 Å². The minimum Gasteiger partial charge on any atom is -0.394 e. The van der Waals surface area contributed by atoms with Crippen molar-refractivity contribution in [2.45, 2.75) is 31.9 Å². The Kier molecular flexibility index (Phi) is 5.22. The molecule has 2 aromatic heterocycles. The molecule has 128 valence electrons. The van der Waals surface area contributed by atoms with Crippen LogP contribution in [0, 0.1) is 0 Å². The number of aliphatic hydroxyl groups is 2. The molecule has 3 N–H and O–H groups in total. The maximum absolute atomic E-state index is 9.75. The second-order valence-electron chi connectivity index (χ2n) is 6.17. The molecule has 0 amide bonds. The highest BCUT2D eigenvalue weighted by Crippen LogP contribution is 2.21. The number of hydrogen-bond donors (Lipinski definition) is 3. The van der Waals surface area contributed by atoms with E-state index in [0.29, 0.717) is 12.5 Å². The molecule has 1 saturated heterocycles. The first-order valence-electron chi connectivity index (χ1n) is 8.24. The van der Waals surface area contributed by atoms with Crippen LogP contribution in [0.5, 0.6) is 0 Å². The largest absolute Gasteiger partial charge is 0.394 e. The fourth-order valence-electron chi connectivity index (χ4n) is 2.72. The Hall–Kier alpha value is -2.25. The van der Waals surface area contributed by atoms with Crippen LogP contribution in [0.1, 0.15) is 19.8 Å². The van der Waals surface area contributed by atoms with Gasteiger partial charge < -0.3 is 20.4 Å². The fraction of sp³-hybridized carbons (Fsp3) is 0.471. The molecule has 0 aromatic carbocycles. The molecule has 2 atom stereocenters. The van der Waals surface area contributed by atoms with E-state index in [0.717, 1.165) is 36.3 Å². The Morgan fingerprint density at radius 3 is 2.58 bits per heavy atom. The first-order chi connectivity index (χ1) is 11.7. The average molecular weight is 329 g/mol. The third-order valence-corrected chi connectivity index (χ3v) is 4.08. The quantitative estimate of drug-likeness (QED) is 0.761. The van der Waals surface area contributed by atoms with Gasteiger partial charge in [0.1, 0.15) is 5.82 Å². The van der Waals surface area contributed by atoms with Gasteiger partial charge in [0.2, 0.25) is 5.95 Å². The van der Waals surface area contributed by atoms with Gasteiger partial charge in [-0.15, -0.1) is 0 Å². The molecule has 3 heterocycles. The Labute approximate surface area is 141 Å². The van der Waals surface area contributed by atoms with E-state index in [1.807, 2.05) is 24.0 Å². The van der Waals surface area contributed by atoms with Gasteiger partial charge in [0.25, 0.3) is 0 Å². The number of anilines is 2. The molecule has 7 heteroatoms. The fourth-order valence-corrected chi connectivity index (χ4v) is 2.72. The summed E-state index contributed by atoms with van der Waals surface area (Å²) in [7, 11) is 0. The van der Waals surface area contributed by atoms with Crippen LogP contribution >= 0.6 is 0 Å². The van der Waals surface area contributed by atoms with Gasteiger partial charge in [-0.3, -0.25) is 0 Å². The lowest BCUT2D eigenvalue weighted by atomic mass is 10.1. The lowest BCUT2D eigenvalue weighted by molar-refractivity contribution is 0.153. The number of nitrogens with one attached hydrogen (secondary N) is 1. The van der Waals surface area contributed by atoms with Gasteiger partial charge in [0.15, 0.2) is 0 Å². The molecule has 0 bridgehead atoms. The molecule has 7 nitrogen and oxygen atoms in total. The monoisotopic (exact) mass is 329 g/mol. The summed E-state index contributed by atoms with van der Waals surface area (Å²) in [6.45, 7) is 3.41. The van der Waals surface area contributed by atoms with Gasteiger partial charge in [-0.2, -0.15) is 0 Å². The van der Waals surface area contributed by atoms with Crippen molar-refractivity contribution in [2.24, 2.45) is 0 Å². The van der Waals surface area contributed by atoms with Gasteiger partial charge in [0.05, 0.1) is 12.7 Å². The Balaban J connectivity index is 1.69. The van der Waals surface area contributed by atoms with E-state index in [1.165, 1.54) is 0 Å². The lowest BCUT2D eigenvalue weighted by Crippen LogP contribution is -2.39. The van der Waals surface area contributed by atoms with E-state index < -0.39 is 0 Å². The maximum Gasteiger partial charge on any atom is 0.225 e. The van der Waals surface area contributed by atoms with Crippen LogP contribution < -0.4 is 10.2 Å². The second kappa shape index (κ2) is 7.55. The third-order valence-electron chi connectivity index (χ3n) is 4.08. The molecule has 0 radical (unpaired) electrons. The molecule has 2 aromatic rings. The zero-order chi connectivity index (χ0) is 16.9. The summed E-state index contributed by atoms with van der Waals surface area (Å²) in [5.41, 5.74) is 1.83. The molecule has 1 aliphatic rings. The van der Waals surface area contributed by atoms with Gasteiger partial charge in [-0.25, -0.2) is 15.0 Å². The molecule has 0 aliphatic carbocycles. The number of β-amino-alcohol motifs (C(OH)–C–C–N with tert-alkyl or cyclic N) is 1. The zero-order valence-electron chi connectivity index (χ0n) is 13.8. The van der Waals surface area contributed by atoms with Gasteiger partial charge in [-0.05, 0) is 31.9 Å². The van der Waals surface area contributed by atoms with E-state index in [2.05, 4.69) is 20.3 Å². The summed E-state index contributed by atoms with van der Waals surface area (Å²) in [5, 5.41) is 21.9. The highest BCUT2D eigenvalue weighted by atomic mass is 16.3. The van der Waals surface area contributed by atoms with E-state index in [4.69, 9.17) is 5.11 Å². The molecule has 0 saturated carbocycles. The second-order valence-corrected chi connectivity index (χ2v) is 6.17. The van der Waals surface area contributed by atoms with Crippen LogP contribution in [0.4, 0.5) is 11.8 Å². The molecule has 24 heavy (non-hydrogen) atoms. The smallest absolute Gasteiger partial charge is 0.225 e.